The molecule has 3 N–H and O–H groups in total. The van der Waals surface area contributed by atoms with E-state index in [0.717, 1.165) is 24.8 Å². The van der Waals surface area contributed by atoms with Gasteiger partial charge in [0.05, 0.1) is 25.2 Å². The lowest BCUT2D eigenvalue weighted by molar-refractivity contribution is -0.147. The number of esters is 1. The number of methoxy groups -OCH3 is 2. The summed E-state index contributed by atoms with van der Waals surface area (Å²) in [5, 5.41) is 2.85. The van der Waals surface area contributed by atoms with Gasteiger partial charge in [0.1, 0.15) is 6.04 Å². The smallest absolute Gasteiger partial charge is 0.328 e. The van der Waals surface area contributed by atoms with Crippen LogP contribution >= 0.6 is 0 Å². The van der Waals surface area contributed by atoms with Crippen LogP contribution in [0.3, 0.4) is 0 Å². The third kappa shape index (κ3) is 8.40. The lowest BCUT2D eigenvalue weighted by Crippen LogP contribution is -2.53. The second-order valence-electron chi connectivity index (χ2n) is 10.4. The van der Waals surface area contributed by atoms with Gasteiger partial charge in [-0.2, -0.15) is 0 Å². The highest BCUT2D eigenvalue weighted by molar-refractivity contribution is 5.86. The Balaban J connectivity index is 2.12. The Bertz CT molecular complexity index is 922. The SMILES string of the molecule is CC=CC(C(C)CC)C(N)CC(=O)N1CCCC1C(OC)C(C)C(=O)NC(Cc1ccccc1)C(=O)OC. The maximum atomic E-state index is 13.4. The van der Waals surface area contributed by atoms with Gasteiger partial charge in [-0.15, -0.1) is 0 Å². The van der Waals surface area contributed by atoms with E-state index in [1.165, 1.54) is 7.11 Å². The van der Waals surface area contributed by atoms with E-state index in [4.69, 9.17) is 15.2 Å². The topological polar surface area (TPSA) is 111 Å². The van der Waals surface area contributed by atoms with Crippen LogP contribution in [0.2, 0.25) is 0 Å². The minimum absolute atomic E-state index is 0.0102. The molecule has 38 heavy (non-hydrogen) atoms. The predicted octanol–water partition coefficient (Wildman–Crippen LogP) is 3.48. The number of nitrogens with two attached hydrogens (primary N) is 1. The first-order chi connectivity index (χ1) is 18.2. The fourth-order valence-corrected chi connectivity index (χ4v) is 5.48. The van der Waals surface area contributed by atoms with Crippen molar-refractivity contribution in [1.82, 2.24) is 10.2 Å². The minimum Gasteiger partial charge on any atom is -0.467 e. The van der Waals surface area contributed by atoms with Gasteiger partial charge in [-0.25, -0.2) is 4.79 Å². The average Bonchev–Trinajstić information content (AvgIpc) is 3.41. The molecule has 1 fully saturated rings. The Kier molecular flexibility index (Phi) is 13.0. The molecule has 2 amide bonds. The summed E-state index contributed by atoms with van der Waals surface area (Å²) in [5.74, 6) is -0.929. The normalized spacial score (nSPS) is 20.4. The van der Waals surface area contributed by atoms with Crippen molar-refractivity contribution in [1.29, 1.82) is 0 Å². The molecule has 212 valence electrons. The Morgan fingerprint density at radius 1 is 1.18 bits per heavy atom. The molecule has 1 aliphatic rings. The van der Waals surface area contributed by atoms with E-state index in [2.05, 4.69) is 25.2 Å². The number of ether oxygens (including phenoxy) is 2. The van der Waals surface area contributed by atoms with Crippen LogP contribution < -0.4 is 11.1 Å². The van der Waals surface area contributed by atoms with Crippen molar-refractivity contribution < 1.29 is 23.9 Å². The van der Waals surface area contributed by atoms with Crippen LogP contribution in [0, 0.1) is 17.8 Å². The summed E-state index contributed by atoms with van der Waals surface area (Å²) in [6, 6.07) is 8.12. The highest BCUT2D eigenvalue weighted by atomic mass is 16.5. The number of benzene rings is 1. The van der Waals surface area contributed by atoms with Crippen LogP contribution in [-0.4, -0.2) is 67.7 Å². The quantitative estimate of drug-likeness (QED) is 0.282. The second kappa shape index (κ2) is 15.6. The van der Waals surface area contributed by atoms with Crippen molar-refractivity contribution in [2.45, 2.75) is 84.0 Å². The first-order valence-electron chi connectivity index (χ1n) is 13.8. The third-order valence-electron chi connectivity index (χ3n) is 7.88. The molecule has 1 aliphatic heterocycles. The van der Waals surface area contributed by atoms with E-state index in [-0.39, 0.29) is 36.2 Å². The van der Waals surface area contributed by atoms with Crippen molar-refractivity contribution in [3.8, 4) is 0 Å². The molecule has 0 aliphatic carbocycles. The van der Waals surface area contributed by atoms with Gasteiger partial charge in [0.2, 0.25) is 11.8 Å². The molecule has 0 bridgehead atoms. The summed E-state index contributed by atoms with van der Waals surface area (Å²) < 4.78 is 10.8. The Hall–Kier alpha value is -2.71. The zero-order valence-corrected chi connectivity index (χ0v) is 23.9. The van der Waals surface area contributed by atoms with Gasteiger partial charge in [0, 0.05) is 32.5 Å². The molecule has 1 aromatic rings. The summed E-state index contributed by atoms with van der Waals surface area (Å²) in [7, 11) is 2.87. The summed E-state index contributed by atoms with van der Waals surface area (Å²) in [4.78, 5) is 41.0. The van der Waals surface area contributed by atoms with Crippen LogP contribution in [0.15, 0.2) is 42.5 Å². The largest absolute Gasteiger partial charge is 0.467 e. The van der Waals surface area contributed by atoms with Crippen molar-refractivity contribution in [2.75, 3.05) is 20.8 Å². The zero-order valence-electron chi connectivity index (χ0n) is 23.9. The maximum absolute atomic E-state index is 13.4. The van der Waals surface area contributed by atoms with Crippen molar-refractivity contribution in [3.05, 3.63) is 48.0 Å². The molecule has 0 saturated carbocycles. The van der Waals surface area contributed by atoms with Crippen molar-refractivity contribution in [2.24, 2.45) is 23.5 Å². The van der Waals surface area contributed by atoms with E-state index < -0.39 is 24.0 Å². The van der Waals surface area contributed by atoms with E-state index in [1.807, 2.05) is 48.2 Å². The molecular formula is C30H47N3O5. The fraction of sp³-hybridized carbons (Fsp3) is 0.633. The summed E-state index contributed by atoms with van der Waals surface area (Å²) in [6.45, 7) is 8.65. The Labute approximate surface area is 228 Å². The lowest BCUT2D eigenvalue weighted by Gasteiger charge is -2.35. The number of rotatable bonds is 14. The lowest BCUT2D eigenvalue weighted by atomic mass is 9.84. The monoisotopic (exact) mass is 529 g/mol. The van der Waals surface area contributed by atoms with Gasteiger partial charge >= 0.3 is 5.97 Å². The molecule has 8 heteroatoms. The molecule has 1 aromatic carbocycles. The van der Waals surface area contributed by atoms with E-state index in [1.54, 1.807) is 14.0 Å². The standard InChI is InChI=1S/C30H47N3O5/c1-7-13-23(20(3)8-2)24(31)19-27(34)33-17-12-16-26(33)28(37-5)21(4)29(35)32-25(30(36)38-6)18-22-14-10-9-11-15-22/h7,9-11,13-15,20-21,23-26,28H,8,12,16-19,31H2,1-6H3,(H,32,35). The van der Waals surface area contributed by atoms with E-state index >= 15 is 0 Å². The summed E-state index contributed by atoms with van der Waals surface area (Å²) in [6.07, 6.45) is 6.71. The highest BCUT2D eigenvalue weighted by Gasteiger charge is 2.41. The van der Waals surface area contributed by atoms with Crippen molar-refractivity contribution in [3.63, 3.8) is 0 Å². The number of hydrogen-bond donors (Lipinski definition) is 2. The molecule has 7 unspecified atom stereocenters. The van der Waals surface area contributed by atoms with Gasteiger partial charge in [0.15, 0.2) is 0 Å². The van der Waals surface area contributed by atoms with Crippen LogP contribution in [0.5, 0.6) is 0 Å². The molecule has 0 spiro atoms. The fourth-order valence-electron chi connectivity index (χ4n) is 5.48. The second-order valence-corrected chi connectivity index (χ2v) is 10.4. The third-order valence-corrected chi connectivity index (χ3v) is 7.88. The number of carbonyl (C=O) groups is 3. The first kappa shape index (κ1) is 31.5. The molecule has 2 rings (SSSR count). The first-order valence-corrected chi connectivity index (χ1v) is 13.8. The summed E-state index contributed by atoms with van der Waals surface area (Å²) in [5.41, 5.74) is 7.45. The molecule has 1 heterocycles. The molecule has 0 radical (unpaired) electrons. The van der Waals surface area contributed by atoms with Crippen LogP contribution in [-0.2, 0) is 30.3 Å². The average molecular weight is 530 g/mol. The van der Waals surface area contributed by atoms with Crippen LogP contribution in [0.4, 0.5) is 0 Å². The zero-order chi connectivity index (χ0) is 28.2. The van der Waals surface area contributed by atoms with Crippen LogP contribution in [0.25, 0.3) is 0 Å². The Morgan fingerprint density at radius 2 is 1.87 bits per heavy atom. The molecule has 1 saturated heterocycles. The number of nitrogens with zero attached hydrogens (tertiary/aromatic N) is 1. The number of amides is 2. The number of carbonyl (C=O) groups excluding carboxylic acids is 3. The van der Waals surface area contributed by atoms with Gasteiger partial charge in [-0.3, -0.25) is 9.59 Å². The van der Waals surface area contributed by atoms with E-state index in [9.17, 15) is 14.4 Å². The number of nitrogens with one attached hydrogen (secondary N) is 1. The van der Waals surface area contributed by atoms with Gasteiger partial charge in [0.25, 0.3) is 0 Å². The predicted molar refractivity (Wildman–Crippen MR) is 149 cm³/mol. The van der Waals surface area contributed by atoms with Gasteiger partial charge < -0.3 is 25.4 Å². The molecule has 8 nitrogen and oxygen atoms in total. The summed E-state index contributed by atoms with van der Waals surface area (Å²) >= 11 is 0. The van der Waals surface area contributed by atoms with Gasteiger partial charge in [-0.05, 0) is 37.2 Å². The van der Waals surface area contributed by atoms with Crippen molar-refractivity contribution >= 4 is 17.8 Å². The molecular weight excluding hydrogens is 482 g/mol. The number of allylic oxidation sites excluding steroid dienone is 1. The molecule has 0 aromatic heterocycles. The van der Waals surface area contributed by atoms with Gasteiger partial charge in [-0.1, -0.05) is 69.7 Å². The number of likely N-dealkylation sites (tertiary alicyclic amines) is 1. The van der Waals surface area contributed by atoms with Crippen LogP contribution in [0.1, 0.15) is 58.9 Å². The number of hydrogen-bond acceptors (Lipinski definition) is 6. The maximum Gasteiger partial charge on any atom is 0.328 e. The highest BCUT2D eigenvalue weighted by Crippen LogP contribution is 2.29. The molecule has 7 atom stereocenters. The minimum atomic E-state index is -0.821. The van der Waals surface area contributed by atoms with E-state index in [0.29, 0.717) is 18.9 Å². The Morgan fingerprint density at radius 3 is 2.45 bits per heavy atom.